The van der Waals surface area contributed by atoms with Crippen molar-refractivity contribution in [3.63, 3.8) is 0 Å². The van der Waals surface area contributed by atoms with Crippen LogP contribution < -0.4 is 10.6 Å². The second kappa shape index (κ2) is 12.3. The van der Waals surface area contributed by atoms with Gasteiger partial charge in [0.15, 0.2) is 0 Å². The number of benzene rings is 2. The summed E-state index contributed by atoms with van der Waals surface area (Å²) in [5.41, 5.74) is 0.698. The monoisotopic (exact) mass is 540 g/mol. The maximum Gasteiger partial charge on any atom is 0.350 e. The van der Waals surface area contributed by atoms with E-state index in [-0.39, 0.29) is 17.7 Å². The summed E-state index contributed by atoms with van der Waals surface area (Å²) >= 11 is 0. The Morgan fingerprint density at radius 3 is 2.31 bits per heavy atom. The number of hydrogen-bond acceptors (Lipinski definition) is 9. The largest absolute Gasteiger partial charge is 0.507 e. The van der Waals surface area contributed by atoms with Gasteiger partial charge in [0, 0.05) is 13.0 Å². The summed E-state index contributed by atoms with van der Waals surface area (Å²) in [6.07, 6.45) is -4.15. The minimum Gasteiger partial charge on any atom is -0.507 e. The van der Waals surface area contributed by atoms with E-state index < -0.39 is 66.2 Å². The summed E-state index contributed by atoms with van der Waals surface area (Å²) in [6, 6.07) is 12.5. The summed E-state index contributed by atoms with van der Waals surface area (Å²) < 4.78 is 16.4. The number of aliphatic hydroxyl groups is 1. The van der Waals surface area contributed by atoms with Gasteiger partial charge in [-0.3, -0.25) is 14.4 Å². The maximum absolute atomic E-state index is 13.6. The first kappa shape index (κ1) is 28.1. The number of ether oxygens (including phenoxy) is 3. The number of carbonyl (C=O) groups is 4. The van der Waals surface area contributed by atoms with Crippen molar-refractivity contribution in [3.8, 4) is 5.75 Å². The molecule has 11 nitrogen and oxygen atoms in total. The fourth-order valence-corrected chi connectivity index (χ4v) is 4.49. The van der Waals surface area contributed by atoms with Crippen LogP contribution >= 0.6 is 0 Å². The molecule has 11 heteroatoms. The smallest absolute Gasteiger partial charge is 0.350 e. The third-order valence-corrected chi connectivity index (χ3v) is 6.96. The minimum atomic E-state index is -1.42. The van der Waals surface area contributed by atoms with Gasteiger partial charge in [-0.2, -0.15) is 0 Å². The van der Waals surface area contributed by atoms with Crippen LogP contribution in [0.2, 0.25) is 0 Å². The van der Waals surface area contributed by atoms with Gasteiger partial charge in [-0.05, 0) is 38.0 Å². The van der Waals surface area contributed by atoms with Gasteiger partial charge in [-0.15, -0.1) is 0 Å². The molecule has 0 aromatic heterocycles. The van der Waals surface area contributed by atoms with E-state index in [1.165, 1.54) is 26.0 Å². The molecule has 208 valence electrons. The van der Waals surface area contributed by atoms with Crippen LogP contribution in [0.15, 0.2) is 54.6 Å². The van der Waals surface area contributed by atoms with Gasteiger partial charge in [-0.1, -0.05) is 42.5 Å². The molecule has 2 aliphatic heterocycles. The summed E-state index contributed by atoms with van der Waals surface area (Å²) in [7, 11) is 0. The topological polar surface area (TPSA) is 160 Å². The van der Waals surface area contributed by atoms with Crippen LogP contribution in [0.25, 0.3) is 0 Å². The zero-order chi connectivity index (χ0) is 28.1. The van der Waals surface area contributed by atoms with Crippen molar-refractivity contribution >= 4 is 23.8 Å². The van der Waals surface area contributed by atoms with E-state index in [0.717, 1.165) is 5.56 Å². The van der Waals surface area contributed by atoms with Gasteiger partial charge < -0.3 is 35.1 Å². The fourth-order valence-electron chi connectivity index (χ4n) is 4.49. The number of rotatable bonds is 5. The Hall–Kier alpha value is -3.96. The van der Waals surface area contributed by atoms with E-state index in [2.05, 4.69) is 10.6 Å². The molecule has 2 aromatic carbocycles. The number of esters is 2. The number of phenolic OH excluding ortho intramolecular Hbond substituents is 1. The van der Waals surface area contributed by atoms with Crippen LogP contribution in [-0.4, -0.2) is 77.1 Å². The van der Waals surface area contributed by atoms with E-state index in [1.807, 2.05) is 18.2 Å². The second-order valence-electron chi connectivity index (χ2n) is 9.75. The van der Waals surface area contributed by atoms with E-state index in [4.69, 9.17) is 14.2 Å². The van der Waals surface area contributed by atoms with E-state index in [9.17, 15) is 29.4 Å². The summed E-state index contributed by atoms with van der Waals surface area (Å²) in [5.74, 6) is -4.74. The highest BCUT2D eigenvalue weighted by Gasteiger charge is 2.44. The van der Waals surface area contributed by atoms with Gasteiger partial charge in [0.2, 0.25) is 12.0 Å². The Kier molecular flexibility index (Phi) is 8.82. The Labute approximate surface area is 225 Å². The van der Waals surface area contributed by atoms with Crippen molar-refractivity contribution in [2.75, 3.05) is 6.61 Å². The quantitative estimate of drug-likeness (QED) is 0.403. The van der Waals surface area contributed by atoms with Crippen molar-refractivity contribution in [2.45, 2.75) is 63.2 Å². The molecule has 39 heavy (non-hydrogen) atoms. The number of cyclic esters (lactones) is 2. The molecular formula is C28H32N2O9. The first-order chi connectivity index (χ1) is 18.7. The first-order valence-electron chi connectivity index (χ1n) is 12.8. The van der Waals surface area contributed by atoms with Gasteiger partial charge >= 0.3 is 11.9 Å². The number of aromatic hydroxyl groups is 1. The summed E-state index contributed by atoms with van der Waals surface area (Å²) in [6.45, 7) is 3.22. The number of phenols is 1. The number of amides is 2. The lowest BCUT2D eigenvalue weighted by Gasteiger charge is -2.36. The summed E-state index contributed by atoms with van der Waals surface area (Å²) in [4.78, 5) is 52.6. The third-order valence-electron chi connectivity index (χ3n) is 6.96. The fraction of sp³-hybridized carbons (Fsp3) is 0.429. The third kappa shape index (κ3) is 6.55. The zero-order valence-electron chi connectivity index (χ0n) is 21.6. The van der Waals surface area contributed by atoms with Crippen LogP contribution in [0, 0.1) is 5.92 Å². The van der Waals surface area contributed by atoms with Crippen LogP contribution in [0.5, 0.6) is 5.75 Å². The van der Waals surface area contributed by atoms with E-state index in [1.54, 1.807) is 24.3 Å². The lowest BCUT2D eigenvalue weighted by Crippen LogP contribution is -2.60. The number of hydrogen-bond donors (Lipinski definition) is 4. The molecule has 0 radical (unpaired) electrons. The van der Waals surface area contributed by atoms with E-state index in [0.29, 0.717) is 13.0 Å². The molecule has 2 amide bonds. The SMILES string of the molecule is CC1OC(=O)C(C2CCO2)OC(=O)C(C)C(O)C(Cc2ccccc2)NC(=O)C1NC(=O)c1ccccc1O. The number of nitrogens with one attached hydrogen (secondary N) is 2. The number of para-hydroxylation sites is 1. The van der Waals surface area contributed by atoms with Gasteiger partial charge in [0.25, 0.3) is 5.91 Å². The lowest BCUT2D eigenvalue weighted by molar-refractivity contribution is -0.198. The molecule has 2 saturated heterocycles. The van der Waals surface area contributed by atoms with Crippen molar-refractivity contribution < 1.29 is 43.6 Å². The highest BCUT2D eigenvalue weighted by atomic mass is 16.6. The van der Waals surface area contributed by atoms with Crippen molar-refractivity contribution in [1.82, 2.24) is 10.6 Å². The molecule has 7 atom stereocenters. The van der Waals surface area contributed by atoms with Crippen LogP contribution in [-0.2, 0) is 35.0 Å². The Morgan fingerprint density at radius 1 is 1.00 bits per heavy atom. The molecular weight excluding hydrogens is 508 g/mol. The predicted molar refractivity (Wildman–Crippen MR) is 136 cm³/mol. The van der Waals surface area contributed by atoms with Gasteiger partial charge in [0.1, 0.15) is 24.0 Å². The molecule has 4 rings (SSSR count). The molecule has 2 aromatic rings. The molecule has 2 heterocycles. The van der Waals surface area contributed by atoms with Crippen molar-refractivity contribution in [2.24, 2.45) is 5.92 Å². The maximum atomic E-state index is 13.6. The molecule has 0 aliphatic carbocycles. The molecule has 0 spiro atoms. The predicted octanol–water partition coefficient (Wildman–Crippen LogP) is 0.861. The number of aliphatic hydroxyl groups excluding tert-OH is 1. The van der Waals surface area contributed by atoms with Crippen LogP contribution in [0.4, 0.5) is 0 Å². The molecule has 2 fully saturated rings. The highest BCUT2D eigenvalue weighted by Crippen LogP contribution is 2.24. The second-order valence-corrected chi connectivity index (χ2v) is 9.75. The van der Waals surface area contributed by atoms with Crippen LogP contribution in [0.1, 0.15) is 36.2 Å². The average Bonchev–Trinajstić information content (AvgIpc) is 2.89. The van der Waals surface area contributed by atoms with E-state index >= 15 is 0 Å². The molecule has 4 N–H and O–H groups in total. The van der Waals surface area contributed by atoms with Crippen molar-refractivity contribution in [1.29, 1.82) is 0 Å². The molecule has 7 unspecified atom stereocenters. The Morgan fingerprint density at radius 2 is 1.67 bits per heavy atom. The number of carbonyl (C=O) groups excluding carboxylic acids is 4. The highest BCUT2D eigenvalue weighted by molar-refractivity contribution is 6.00. The van der Waals surface area contributed by atoms with Crippen LogP contribution in [0.3, 0.4) is 0 Å². The molecule has 0 bridgehead atoms. The average molecular weight is 541 g/mol. The lowest BCUT2D eigenvalue weighted by atomic mass is 9.92. The molecule has 0 saturated carbocycles. The Bertz CT molecular complexity index is 1200. The normalized spacial score (nSPS) is 29.9. The summed E-state index contributed by atoms with van der Waals surface area (Å²) in [5, 5.41) is 26.6. The van der Waals surface area contributed by atoms with Crippen molar-refractivity contribution in [3.05, 3.63) is 65.7 Å². The standard InChI is InChI=1S/C28H32N2O9/c1-15-23(32)19(14-17-8-4-3-5-9-17)29-26(34)22(30-25(33)18-10-6-7-11-20(18)31)16(2)38-28(36)24(39-27(15)35)21-12-13-37-21/h3-11,15-16,19,21-24,31-32H,12-14H2,1-2H3,(H,29,34)(H,30,33). The Balaban J connectivity index is 1.67. The van der Waals surface area contributed by atoms with Gasteiger partial charge in [-0.25, -0.2) is 4.79 Å². The van der Waals surface area contributed by atoms with Gasteiger partial charge in [0.05, 0.1) is 23.6 Å². The minimum absolute atomic E-state index is 0.0842. The molecule has 2 aliphatic rings. The first-order valence-corrected chi connectivity index (χ1v) is 12.8. The zero-order valence-corrected chi connectivity index (χ0v) is 21.6.